The Labute approximate surface area is 562 Å². The fourth-order valence-electron chi connectivity index (χ4n) is 11.6. The summed E-state index contributed by atoms with van der Waals surface area (Å²) < 4.78 is 5.64. The number of aromatic amines is 1. The maximum absolute atomic E-state index is 14.9. The maximum atomic E-state index is 14.9. The van der Waals surface area contributed by atoms with E-state index in [0.717, 1.165) is 33.7 Å². The summed E-state index contributed by atoms with van der Waals surface area (Å²) in [7, 11) is 0. The molecule has 31 nitrogen and oxygen atoms in total. The fraction of sp³-hybridized carbons (Fsp3) is 0.523. The van der Waals surface area contributed by atoms with Crippen LogP contribution in [0.25, 0.3) is 10.9 Å². The molecule has 2 bridgehead atoms. The first-order valence-corrected chi connectivity index (χ1v) is 32.9. The molecule has 5 heterocycles. The van der Waals surface area contributed by atoms with Crippen LogP contribution in [0.5, 0.6) is 0 Å². The number of anilines is 1. The quantitative estimate of drug-likeness (QED) is 0.0419. The molecule has 0 saturated carbocycles. The lowest BCUT2D eigenvalue weighted by atomic mass is 9.85. The zero-order valence-electron chi connectivity index (χ0n) is 54.6. The second-order valence-electron chi connectivity index (χ2n) is 25.2. The number of nitrogens with one attached hydrogen (secondary N) is 9. The molecule has 524 valence electrons. The van der Waals surface area contributed by atoms with E-state index in [9.17, 15) is 87.2 Å². The number of nitrogens with two attached hydrogens (primary N) is 1. The number of hydrogen-bond acceptors (Lipinski definition) is 20. The van der Waals surface area contributed by atoms with Crippen LogP contribution in [0.2, 0.25) is 0 Å². The van der Waals surface area contributed by atoms with E-state index in [2.05, 4.69) is 47.5 Å². The Balaban J connectivity index is 1.14. The summed E-state index contributed by atoms with van der Waals surface area (Å²) in [5.41, 5.74) is 7.65. The van der Waals surface area contributed by atoms with Crippen LogP contribution in [-0.2, 0) is 96.1 Å². The number of aromatic nitrogens is 1. The van der Waals surface area contributed by atoms with Crippen LogP contribution in [0.15, 0.2) is 59.6 Å². The number of benzene rings is 2. The van der Waals surface area contributed by atoms with Gasteiger partial charge in [-0.3, -0.25) is 76.8 Å². The number of ketones is 2. The number of fused-ring (bicyclic) bond motifs is 5. The minimum Gasteiger partial charge on any atom is -0.461 e. The first-order chi connectivity index (χ1) is 45.9. The number of aliphatic hydroxyl groups excluding tert-OH is 3. The average Bonchev–Trinajstić information content (AvgIpc) is 1.66. The molecule has 1 aromatic heterocycles. The van der Waals surface area contributed by atoms with E-state index in [1.807, 2.05) is 0 Å². The largest absolute Gasteiger partial charge is 0.461 e. The van der Waals surface area contributed by atoms with Gasteiger partial charge in [-0.15, -0.1) is 11.8 Å². The van der Waals surface area contributed by atoms with Gasteiger partial charge in [-0.1, -0.05) is 65.3 Å². The summed E-state index contributed by atoms with van der Waals surface area (Å²) >= 11 is 0.972. The number of hydrogen-bond donors (Lipinski definition) is 13. The van der Waals surface area contributed by atoms with Crippen LogP contribution in [0.4, 0.5) is 5.69 Å². The third kappa shape index (κ3) is 20.1. The highest BCUT2D eigenvalue weighted by atomic mass is 32.2. The molecular weight excluding hydrogens is 1280 g/mol. The molecular formula is C65H84N12O19S. The topological polar surface area (TPSA) is 470 Å². The molecule has 14 N–H and O–H groups in total. The molecule has 7 rings (SSSR count). The third-order valence-corrected chi connectivity index (χ3v) is 18.6. The molecule has 97 heavy (non-hydrogen) atoms. The predicted octanol–water partition coefficient (Wildman–Crippen LogP) is -2.28. The van der Waals surface area contributed by atoms with Crippen LogP contribution in [0.1, 0.15) is 96.8 Å². The first kappa shape index (κ1) is 75.0. The van der Waals surface area contributed by atoms with Gasteiger partial charge in [-0.2, -0.15) is 0 Å². The van der Waals surface area contributed by atoms with E-state index in [0.29, 0.717) is 39.7 Å². The van der Waals surface area contributed by atoms with Crippen LogP contribution >= 0.6 is 11.8 Å². The van der Waals surface area contributed by atoms with Gasteiger partial charge in [0, 0.05) is 91.5 Å². The Kier molecular flexibility index (Phi) is 26.3. The Morgan fingerprint density at radius 3 is 2.08 bits per heavy atom. The molecule has 12 amide bonds. The SMILES string of the molecule is CC[C@H](C)[C@@H]1NC(=O)CNC(=O)C2CC(=O)[C@H]([C@@H](C)[C@@H](O)CO)NC(=O)[C@@H]3CC(O)CN3C(=O)[C@H](CC(N)=O)CC(=O)C(CSc3[nH]c4cc(CC(=O)OCc5ccc(NC(=O)[C@H](C)NC(=O)C(NC(=O)CCN6C(=O)C=CC6=O)C(C)C)cc5)ccc4c3C2)NC(=O)CNC1=O. The molecule has 1 fully saturated rings. The Hall–Kier alpha value is -9.40. The van der Waals surface area contributed by atoms with Gasteiger partial charge in [0.2, 0.25) is 59.1 Å². The lowest BCUT2D eigenvalue weighted by Crippen LogP contribution is -2.56. The standard InChI is InChI=1S/C65H84N12O19S/c1-7-32(4)57-62(93)68-25-51(85)71-44-30-97-64-42(20-37(60(91)67-26-52(86)74-57)21-47(81)58(33(5)48(82)28-78)75-61(92)45-24-40(79)27-77(45)65(95)38(22-46(44)80)23-49(66)83)41-13-10-36(18-43(41)72-64)19-55(89)96-29-35-8-11-39(12-9-35)70-59(90)34(6)69-63(94)56(31(2)3)73-50(84)16-17-76-53(87)14-15-54(76)88/h8-15,18,31-34,37-38,40,44-45,48,56-58,72,78-79,82H,7,16-17,19-30H2,1-6H3,(H2,66,83)(H,67,91)(H,68,93)(H,69,94)(H,70,90)(H,71,85)(H,73,84)(H,74,86)(H,75,92)/t32-,33-,34-,37?,38-,40?,44?,45-,48-,56?,57-,58-/m0/s1. The van der Waals surface area contributed by atoms with Crippen molar-refractivity contribution in [3.63, 3.8) is 0 Å². The number of esters is 1. The van der Waals surface area contributed by atoms with Crippen molar-refractivity contribution in [1.29, 1.82) is 0 Å². The number of rotatable bonds is 20. The minimum atomic E-state index is -1.67. The number of amides is 12. The number of Topliss-reactive ketones (excluding diaryl/α,β-unsaturated/α-hetero) is 2. The number of aliphatic hydroxyl groups is 3. The Bertz CT molecular complexity index is 3560. The minimum absolute atomic E-state index is 0.182. The van der Waals surface area contributed by atoms with Gasteiger partial charge in [0.25, 0.3) is 11.8 Å². The van der Waals surface area contributed by atoms with Crippen molar-refractivity contribution in [3.05, 3.63) is 71.3 Å². The van der Waals surface area contributed by atoms with E-state index in [-0.39, 0.29) is 49.6 Å². The number of ether oxygens (including phenoxy) is 1. The van der Waals surface area contributed by atoms with E-state index in [4.69, 9.17) is 10.5 Å². The van der Waals surface area contributed by atoms with Crippen molar-refractivity contribution < 1.29 is 92.0 Å². The Morgan fingerprint density at radius 1 is 0.773 bits per heavy atom. The number of carbonyl (C=O) groups excluding carboxylic acids is 15. The molecule has 0 spiro atoms. The lowest BCUT2D eigenvalue weighted by molar-refractivity contribution is -0.145. The van der Waals surface area contributed by atoms with Crippen molar-refractivity contribution in [1.82, 2.24) is 52.0 Å². The number of primary amides is 1. The second-order valence-corrected chi connectivity index (χ2v) is 26.2. The lowest BCUT2D eigenvalue weighted by Gasteiger charge is -2.32. The van der Waals surface area contributed by atoms with Gasteiger partial charge in [0.15, 0.2) is 11.6 Å². The first-order valence-electron chi connectivity index (χ1n) is 32.0. The maximum Gasteiger partial charge on any atom is 0.310 e. The number of imide groups is 1. The van der Waals surface area contributed by atoms with Gasteiger partial charge in [-0.25, -0.2) is 0 Å². The molecule has 32 heteroatoms. The number of carbonyl (C=O) groups is 15. The Morgan fingerprint density at radius 2 is 1.43 bits per heavy atom. The highest BCUT2D eigenvalue weighted by molar-refractivity contribution is 7.99. The van der Waals surface area contributed by atoms with Crippen molar-refractivity contribution in [2.45, 2.75) is 153 Å². The number of nitrogens with zero attached hydrogens (tertiary/aromatic N) is 2. The van der Waals surface area contributed by atoms with Crippen molar-refractivity contribution in [3.8, 4) is 0 Å². The van der Waals surface area contributed by atoms with Crippen molar-refractivity contribution in [2.24, 2.45) is 35.3 Å². The van der Waals surface area contributed by atoms with E-state index >= 15 is 0 Å². The molecule has 3 aromatic rings. The van der Waals surface area contributed by atoms with Crippen LogP contribution in [0, 0.1) is 29.6 Å². The van der Waals surface area contributed by atoms with E-state index in [1.165, 1.54) is 13.8 Å². The van der Waals surface area contributed by atoms with Crippen molar-refractivity contribution >= 4 is 117 Å². The zero-order chi connectivity index (χ0) is 71.1. The summed E-state index contributed by atoms with van der Waals surface area (Å²) in [6, 6.07) is 3.11. The fourth-order valence-corrected chi connectivity index (χ4v) is 12.8. The molecule has 1 saturated heterocycles. The van der Waals surface area contributed by atoms with Gasteiger partial charge in [0.1, 0.15) is 30.8 Å². The van der Waals surface area contributed by atoms with Gasteiger partial charge < -0.3 is 78.2 Å². The predicted molar refractivity (Wildman–Crippen MR) is 346 cm³/mol. The molecule has 4 aliphatic rings. The van der Waals surface area contributed by atoms with Gasteiger partial charge in [0.05, 0.1) is 61.4 Å². The second kappa shape index (κ2) is 34.0. The van der Waals surface area contributed by atoms with Gasteiger partial charge >= 0.3 is 5.97 Å². The van der Waals surface area contributed by atoms with E-state index in [1.54, 1.807) is 70.2 Å². The van der Waals surface area contributed by atoms with E-state index < -0.39 is 212 Å². The number of H-pyrrole nitrogens is 1. The molecule has 12 atom stereocenters. The molecule has 0 aliphatic carbocycles. The van der Waals surface area contributed by atoms with Crippen LogP contribution in [-0.4, -0.2) is 206 Å². The summed E-state index contributed by atoms with van der Waals surface area (Å²) in [6.07, 6.45) is -3.77. The molecule has 4 unspecified atom stereocenters. The van der Waals surface area contributed by atoms with Gasteiger partial charge in [-0.05, 0) is 60.1 Å². The number of thioether (sulfide) groups is 1. The molecule has 2 aromatic carbocycles. The summed E-state index contributed by atoms with van der Waals surface area (Å²) in [5.74, 6) is -17.0. The highest BCUT2D eigenvalue weighted by Gasteiger charge is 2.45. The van der Waals surface area contributed by atoms with Crippen LogP contribution in [0.3, 0.4) is 0 Å². The van der Waals surface area contributed by atoms with Crippen LogP contribution < -0.4 is 48.3 Å². The molecule has 0 radical (unpaired) electrons. The highest BCUT2D eigenvalue weighted by Crippen LogP contribution is 2.35. The van der Waals surface area contributed by atoms with Crippen molar-refractivity contribution in [2.75, 3.05) is 43.9 Å². The average molecular weight is 1370 g/mol. The zero-order valence-corrected chi connectivity index (χ0v) is 55.4. The normalized spacial score (nSPS) is 23.4. The molecule has 4 aliphatic heterocycles. The summed E-state index contributed by atoms with van der Waals surface area (Å²) in [4.78, 5) is 209. The smallest absolute Gasteiger partial charge is 0.310 e. The summed E-state index contributed by atoms with van der Waals surface area (Å²) in [5, 5.41) is 53.4. The summed E-state index contributed by atoms with van der Waals surface area (Å²) in [6.45, 7) is 6.47. The third-order valence-electron chi connectivity index (χ3n) is 17.5. The monoisotopic (exact) mass is 1370 g/mol.